The van der Waals surface area contributed by atoms with Gasteiger partial charge in [-0.15, -0.1) is 0 Å². The van der Waals surface area contributed by atoms with Gasteiger partial charge in [0.05, 0.1) is 5.02 Å². The summed E-state index contributed by atoms with van der Waals surface area (Å²) in [6, 6.07) is 27.3. The lowest BCUT2D eigenvalue weighted by Crippen LogP contribution is -2.32. The number of ether oxygens (including phenoxy) is 1. The van der Waals surface area contributed by atoms with Gasteiger partial charge in [0.2, 0.25) is 0 Å². The lowest BCUT2D eigenvalue weighted by molar-refractivity contribution is 0.0741. The summed E-state index contributed by atoms with van der Waals surface area (Å²) >= 11 is 5.52. The van der Waals surface area contributed by atoms with Crippen molar-refractivity contribution in [3.63, 3.8) is 0 Å². The first-order valence-electron chi connectivity index (χ1n) is 13.3. The number of benzene rings is 4. The average molecular weight is 563 g/mol. The van der Waals surface area contributed by atoms with Crippen molar-refractivity contribution in [1.82, 2.24) is 4.90 Å². The number of phenols is 1. The molecule has 0 spiro atoms. The number of phenolic OH excluding ortho intramolecular Hbond substituents is 1. The van der Waals surface area contributed by atoms with Crippen LogP contribution in [0, 0.1) is 12.7 Å². The van der Waals surface area contributed by atoms with Crippen LogP contribution in [0.1, 0.15) is 46.0 Å². The minimum atomic E-state index is -0.348. The van der Waals surface area contributed by atoms with E-state index in [4.69, 9.17) is 22.1 Å². The van der Waals surface area contributed by atoms with Gasteiger partial charge in [0.1, 0.15) is 12.4 Å². The Labute approximate surface area is 241 Å². The summed E-state index contributed by atoms with van der Waals surface area (Å²) in [5.74, 6) is -0.190. The van der Waals surface area contributed by atoms with Gasteiger partial charge in [-0.3, -0.25) is 4.79 Å². The number of nitrogens with two attached hydrogens (primary N) is 1. The van der Waals surface area contributed by atoms with Crippen LogP contribution in [0.5, 0.6) is 11.5 Å². The monoisotopic (exact) mass is 562 g/mol. The van der Waals surface area contributed by atoms with Crippen LogP contribution in [0.25, 0.3) is 0 Å². The van der Waals surface area contributed by atoms with Crippen LogP contribution in [0.15, 0.2) is 91.0 Å². The lowest BCUT2D eigenvalue weighted by Gasteiger charge is -2.24. The summed E-state index contributed by atoms with van der Waals surface area (Å²) in [6.45, 7) is 5.94. The van der Waals surface area contributed by atoms with Crippen molar-refractivity contribution in [2.24, 2.45) is 5.73 Å². The number of carbonyl (C=O) groups excluding carboxylic acids is 1. The molecular weight excluding hydrogens is 527 g/mol. The Balaban J connectivity index is 0.000000371. The van der Waals surface area contributed by atoms with Gasteiger partial charge in [0.15, 0.2) is 11.5 Å². The fraction of sp³-hybridized carbons (Fsp3) is 0.242. The second-order valence-electron chi connectivity index (χ2n) is 9.35. The number of halogens is 2. The number of amides is 1. The van der Waals surface area contributed by atoms with Crippen LogP contribution in [-0.4, -0.2) is 29.0 Å². The molecule has 0 heterocycles. The third-order valence-corrected chi connectivity index (χ3v) is 6.67. The van der Waals surface area contributed by atoms with E-state index in [0.29, 0.717) is 44.0 Å². The molecule has 0 bridgehead atoms. The molecule has 0 unspecified atom stereocenters. The molecule has 0 aliphatic carbocycles. The first kappa shape index (κ1) is 30.7. The van der Waals surface area contributed by atoms with Crippen molar-refractivity contribution in [2.75, 3.05) is 13.1 Å². The third kappa shape index (κ3) is 9.11. The molecule has 0 radical (unpaired) electrons. The van der Waals surface area contributed by atoms with E-state index >= 15 is 0 Å². The molecule has 0 saturated carbocycles. The van der Waals surface area contributed by atoms with Crippen molar-refractivity contribution in [2.45, 2.75) is 39.8 Å². The Hall–Kier alpha value is -3.87. The van der Waals surface area contributed by atoms with Crippen molar-refractivity contribution in [3.8, 4) is 11.5 Å². The molecule has 0 saturated heterocycles. The number of hydrogen-bond acceptors (Lipinski definition) is 4. The SMILES string of the molecule is CCc1ccc(F)c(Cl)c1.Cc1ccccc1CN(CCCN)C(=O)c1ccc(OCc2ccccc2)c(O)c1. The van der Waals surface area contributed by atoms with E-state index in [1.807, 2.05) is 68.4 Å². The van der Waals surface area contributed by atoms with E-state index in [-0.39, 0.29) is 22.5 Å². The predicted octanol–water partition coefficient (Wildman–Crippen LogP) is 7.31. The van der Waals surface area contributed by atoms with E-state index < -0.39 is 0 Å². The van der Waals surface area contributed by atoms with E-state index in [0.717, 1.165) is 28.7 Å². The minimum Gasteiger partial charge on any atom is -0.504 e. The smallest absolute Gasteiger partial charge is 0.254 e. The maximum absolute atomic E-state index is 13.1. The first-order chi connectivity index (χ1) is 19.3. The number of rotatable bonds is 10. The molecule has 1 amide bonds. The highest BCUT2D eigenvalue weighted by Crippen LogP contribution is 2.28. The summed E-state index contributed by atoms with van der Waals surface area (Å²) in [5, 5.41) is 10.6. The molecule has 0 aromatic heterocycles. The zero-order valence-corrected chi connectivity index (χ0v) is 23.7. The molecule has 7 heteroatoms. The van der Waals surface area contributed by atoms with Gasteiger partial charge in [-0.1, -0.05) is 79.2 Å². The Morgan fingerprint density at radius 2 is 1.70 bits per heavy atom. The molecule has 3 N–H and O–H groups in total. The van der Waals surface area contributed by atoms with E-state index in [9.17, 15) is 14.3 Å². The molecule has 0 fully saturated rings. The van der Waals surface area contributed by atoms with Crippen molar-refractivity contribution < 1.29 is 19.0 Å². The molecule has 0 atom stereocenters. The van der Waals surface area contributed by atoms with E-state index in [1.54, 1.807) is 29.2 Å². The van der Waals surface area contributed by atoms with Crippen LogP contribution in [0.3, 0.4) is 0 Å². The van der Waals surface area contributed by atoms with Crippen LogP contribution < -0.4 is 10.5 Å². The number of nitrogens with zero attached hydrogens (tertiary/aromatic N) is 1. The van der Waals surface area contributed by atoms with E-state index in [1.165, 1.54) is 12.1 Å². The highest BCUT2D eigenvalue weighted by Gasteiger charge is 2.18. The van der Waals surface area contributed by atoms with Crippen LogP contribution in [0.4, 0.5) is 4.39 Å². The van der Waals surface area contributed by atoms with Gasteiger partial charge < -0.3 is 20.5 Å². The van der Waals surface area contributed by atoms with Crippen molar-refractivity contribution in [1.29, 1.82) is 0 Å². The van der Waals surface area contributed by atoms with E-state index in [2.05, 4.69) is 0 Å². The summed E-state index contributed by atoms with van der Waals surface area (Å²) in [5.41, 5.74) is 10.4. The van der Waals surface area contributed by atoms with Gasteiger partial charge in [0.25, 0.3) is 5.91 Å². The molecule has 0 aliphatic heterocycles. The summed E-state index contributed by atoms with van der Waals surface area (Å²) in [6.07, 6.45) is 1.60. The van der Waals surface area contributed by atoms with Crippen LogP contribution >= 0.6 is 11.6 Å². The number of hydrogen-bond donors (Lipinski definition) is 2. The van der Waals surface area contributed by atoms with Gasteiger partial charge in [-0.05, 0) is 78.9 Å². The molecule has 5 nitrogen and oxygen atoms in total. The fourth-order valence-electron chi connectivity index (χ4n) is 3.98. The van der Waals surface area contributed by atoms with Crippen molar-refractivity contribution >= 4 is 17.5 Å². The largest absolute Gasteiger partial charge is 0.504 e. The Morgan fingerprint density at radius 3 is 2.35 bits per heavy atom. The Kier molecular flexibility index (Phi) is 12.0. The normalized spacial score (nSPS) is 10.4. The van der Waals surface area contributed by atoms with Crippen LogP contribution in [-0.2, 0) is 19.6 Å². The summed E-state index contributed by atoms with van der Waals surface area (Å²) in [7, 11) is 0. The third-order valence-electron chi connectivity index (χ3n) is 6.38. The standard InChI is InChI=1S/C25H28N2O3.C8H8ClF/c1-19-8-5-6-11-22(19)17-27(15-7-14-26)25(29)21-12-13-24(23(28)16-21)30-18-20-9-3-2-4-10-20;1-2-6-3-4-8(10)7(9)5-6/h2-6,8-13,16,28H,7,14-15,17-18,26H2,1H3;3-5H,2H2,1H3. The maximum Gasteiger partial charge on any atom is 0.254 e. The Bertz CT molecular complexity index is 1380. The molecule has 0 aliphatic rings. The molecule has 40 heavy (non-hydrogen) atoms. The molecule has 210 valence electrons. The second-order valence-corrected chi connectivity index (χ2v) is 9.76. The molecule has 4 aromatic carbocycles. The van der Waals surface area contributed by atoms with Gasteiger partial charge in [-0.25, -0.2) is 4.39 Å². The molecule has 4 rings (SSSR count). The number of aromatic hydroxyl groups is 1. The summed E-state index contributed by atoms with van der Waals surface area (Å²) < 4.78 is 18.2. The summed E-state index contributed by atoms with van der Waals surface area (Å²) in [4.78, 5) is 14.9. The molecular formula is C33H36ClFN2O3. The van der Waals surface area contributed by atoms with Crippen molar-refractivity contribution in [3.05, 3.63) is 130 Å². The fourth-order valence-corrected chi connectivity index (χ4v) is 4.18. The second kappa shape index (κ2) is 15.7. The number of aryl methyl sites for hydroxylation is 2. The van der Waals surface area contributed by atoms with Gasteiger partial charge in [0, 0.05) is 18.7 Å². The zero-order chi connectivity index (χ0) is 28.9. The number of carbonyl (C=O) groups is 1. The highest BCUT2D eigenvalue weighted by atomic mass is 35.5. The topological polar surface area (TPSA) is 75.8 Å². The lowest BCUT2D eigenvalue weighted by atomic mass is 10.1. The quantitative estimate of drug-likeness (QED) is 0.212. The Morgan fingerprint density at radius 1 is 0.975 bits per heavy atom. The maximum atomic E-state index is 13.1. The van der Waals surface area contributed by atoms with Gasteiger partial charge >= 0.3 is 0 Å². The highest BCUT2D eigenvalue weighted by molar-refractivity contribution is 6.30. The zero-order valence-electron chi connectivity index (χ0n) is 22.9. The van der Waals surface area contributed by atoms with Gasteiger partial charge in [-0.2, -0.15) is 0 Å². The predicted molar refractivity (Wildman–Crippen MR) is 159 cm³/mol. The first-order valence-corrected chi connectivity index (χ1v) is 13.7. The van der Waals surface area contributed by atoms with Crippen LogP contribution in [0.2, 0.25) is 5.02 Å². The average Bonchev–Trinajstić information content (AvgIpc) is 2.97. The molecule has 4 aromatic rings. The minimum absolute atomic E-state index is 0.0496.